The lowest BCUT2D eigenvalue weighted by Gasteiger charge is -2.38. The van der Waals surface area contributed by atoms with Crippen molar-refractivity contribution in [1.82, 2.24) is 10.2 Å². The Kier molecular flexibility index (Phi) is 4.02. The molecule has 0 aliphatic carbocycles. The van der Waals surface area contributed by atoms with Gasteiger partial charge < -0.3 is 10.4 Å². The van der Waals surface area contributed by atoms with Crippen molar-refractivity contribution < 1.29 is 5.11 Å². The van der Waals surface area contributed by atoms with Crippen LogP contribution in [-0.4, -0.2) is 35.7 Å². The average Bonchev–Trinajstić information content (AvgIpc) is 2.32. The van der Waals surface area contributed by atoms with Gasteiger partial charge in [-0.25, -0.2) is 0 Å². The number of phenolic OH excluding ortho intramolecular Hbond substituents is 1. The molecule has 1 aliphatic rings. The Morgan fingerprint density at radius 2 is 2.18 bits per heavy atom. The summed E-state index contributed by atoms with van der Waals surface area (Å²) in [7, 11) is 0. The Morgan fingerprint density at radius 3 is 2.88 bits per heavy atom. The lowest BCUT2D eigenvalue weighted by molar-refractivity contribution is 0.116. The average molecular weight is 234 g/mol. The monoisotopic (exact) mass is 234 g/mol. The molecule has 17 heavy (non-hydrogen) atoms. The smallest absolute Gasteiger partial charge is 0.120 e. The molecule has 1 aromatic rings. The van der Waals surface area contributed by atoms with Crippen LogP contribution in [0.1, 0.15) is 19.4 Å². The van der Waals surface area contributed by atoms with Crippen LogP contribution in [0.15, 0.2) is 24.3 Å². The minimum Gasteiger partial charge on any atom is -0.508 e. The fourth-order valence-electron chi connectivity index (χ4n) is 2.48. The van der Waals surface area contributed by atoms with Crippen LogP contribution in [0.5, 0.6) is 5.75 Å². The third kappa shape index (κ3) is 2.99. The van der Waals surface area contributed by atoms with Crippen LogP contribution in [-0.2, 0) is 6.54 Å². The van der Waals surface area contributed by atoms with E-state index in [1.807, 2.05) is 18.2 Å². The summed E-state index contributed by atoms with van der Waals surface area (Å²) >= 11 is 0. The van der Waals surface area contributed by atoms with Gasteiger partial charge in [-0.15, -0.1) is 0 Å². The van der Waals surface area contributed by atoms with E-state index in [4.69, 9.17) is 0 Å². The molecule has 0 radical (unpaired) electrons. The van der Waals surface area contributed by atoms with E-state index in [0.29, 0.717) is 17.7 Å². The van der Waals surface area contributed by atoms with E-state index in [1.165, 1.54) is 0 Å². The van der Waals surface area contributed by atoms with Gasteiger partial charge in [-0.2, -0.15) is 0 Å². The van der Waals surface area contributed by atoms with Gasteiger partial charge in [0.15, 0.2) is 0 Å². The fraction of sp³-hybridized carbons (Fsp3) is 0.571. The molecule has 2 N–H and O–H groups in total. The molecule has 1 aliphatic heterocycles. The first-order valence-electron chi connectivity index (χ1n) is 6.40. The molecule has 0 amide bonds. The van der Waals surface area contributed by atoms with Gasteiger partial charge in [0, 0.05) is 37.8 Å². The highest BCUT2D eigenvalue weighted by molar-refractivity contribution is 5.31. The maximum absolute atomic E-state index is 9.82. The summed E-state index contributed by atoms with van der Waals surface area (Å²) in [5.74, 6) is 1.04. The first-order chi connectivity index (χ1) is 8.18. The van der Waals surface area contributed by atoms with Crippen LogP contribution in [0.2, 0.25) is 0 Å². The molecule has 1 heterocycles. The molecule has 2 rings (SSSR count). The standard InChI is InChI=1S/C14H22N2O/c1-11(2)13-9-15-7-8-16(13)10-12-5-3-4-6-14(12)17/h3-6,11,13,15,17H,7-10H2,1-2H3. The van der Waals surface area contributed by atoms with E-state index in [-0.39, 0.29) is 0 Å². The van der Waals surface area contributed by atoms with Gasteiger partial charge in [0.1, 0.15) is 5.75 Å². The molecular formula is C14H22N2O. The minimum atomic E-state index is 0.411. The predicted molar refractivity (Wildman–Crippen MR) is 70.0 cm³/mol. The summed E-state index contributed by atoms with van der Waals surface area (Å²) in [5, 5.41) is 13.3. The lowest BCUT2D eigenvalue weighted by atomic mass is 9.99. The highest BCUT2D eigenvalue weighted by Crippen LogP contribution is 2.21. The van der Waals surface area contributed by atoms with Gasteiger partial charge in [0.05, 0.1) is 0 Å². The number of nitrogens with one attached hydrogen (secondary N) is 1. The quantitative estimate of drug-likeness (QED) is 0.837. The Labute approximate surface area is 103 Å². The summed E-state index contributed by atoms with van der Waals surface area (Å²) in [4.78, 5) is 2.47. The zero-order valence-electron chi connectivity index (χ0n) is 10.7. The molecule has 0 aromatic heterocycles. The largest absolute Gasteiger partial charge is 0.508 e. The number of nitrogens with zero attached hydrogens (tertiary/aromatic N) is 1. The molecule has 0 bridgehead atoms. The zero-order valence-corrected chi connectivity index (χ0v) is 10.7. The molecule has 1 unspecified atom stereocenters. The molecule has 3 heteroatoms. The van der Waals surface area contributed by atoms with Gasteiger partial charge in [0.25, 0.3) is 0 Å². The van der Waals surface area contributed by atoms with Crippen molar-refractivity contribution in [3.8, 4) is 5.75 Å². The number of phenols is 1. The zero-order chi connectivity index (χ0) is 12.3. The van der Waals surface area contributed by atoms with Gasteiger partial charge in [-0.3, -0.25) is 4.90 Å². The molecule has 1 saturated heterocycles. The molecule has 0 saturated carbocycles. The maximum Gasteiger partial charge on any atom is 0.120 e. The van der Waals surface area contributed by atoms with E-state index in [2.05, 4.69) is 24.1 Å². The third-order valence-corrected chi connectivity index (χ3v) is 3.53. The molecule has 3 nitrogen and oxygen atoms in total. The Hall–Kier alpha value is -1.06. The Morgan fingerprint density at radius 1 is 1.41 bits per heavy atom. The second-order valence-electron chi connectivity index (χ2n) is 5.11. The molecule has 1 fully saturated rings. The van der Waals surface area contributed by atoms with Crippen molar-refractivity contribution in [2.24, 2.45) is 5.92 Å². The molecule has 0 spiro atoms. The van der Waals surface area contributed by atoms with Crippen LogP contribution in [0.3, 0.4) is 0 Å². The third-order valence-electron chi connectivity index (χ3n) is 3.53. The number of hydrogen-bond acceptors (Lipinski definition) is 3. The molecule has 94 valence electrons. The predicted octanol–water partition coefficient (Wildman–Crippen LogP) is 1.82. The number of hydrogen-bond donors (Lipinski definition) is 2. The van der Waals surface area contributed by atoms with Crippen molar-refractivity contribution in [1.29, 1.82) is 0 Å². The second kappa shape index (κ2) is 5.52. The highest BCUT2D eigenvalue weighted by Gasteiger charge is 2.25. The van der Waals surface area contributed by atoms with Crippen LogP contribution >= 0.6 is 0 Å². The summed E-state index contributed by atoms with van der Waals surface area (Å²) in [6.07, 6.45) is 0. The van der Waals surface area contributed by atoms with Crippen molar-refractivity contribution in [2.45, 2.75) is 26.4 Å². The van der Waals surface area contributed by atoms with E-state index in [1.54, 1.807) is 6.07 Å². The summed E-state index contributed by atoms with van der Waals surface area (Å²) in [6, 6.07) is 8.19. The summed E-state index contributed by atoms with van der Waals surface area (Å²) in [5.41, 5.74) is 1.03. The highest BCUT2D eigenvalue weighted by atomic mass is 16.3. The van der Waals surface area contributed by atoms with Crippen LogP contribution in [0.25, 0.3) is 0 Å². The fourth-order valence-corrected chi connectivity index (χ4v) is 2.48. The maximum atomic E-state index is 9.82. The lowest BCUT2D eigenvalue weighted by Crippen LogP contribution is -2.52. The molecule has 1 atom stereocenters. The van der Waals surface area contributed by atoms with E-state index >= 15 is 0 Å². The van der Waals surface area contributed by atoms with Crippen LogP contribution in [0.4, 0.5) is 0 Å². The van der Waals surface area contributed by atoms with Crippen molar-refractivity contribution in [2.75, 3.05) is 19.6 Å². The summed E-state index contributed by atoms with van der Waals surface area (Å²) < 4.78 is 0. The number of aromatic hydroxyl groups is 1. The van der Waals surface area contributed by atoms with Crippen molar-refractivity contribution in [3.05, 3.63) is 29.8 Å². The van der Waals surface area contributed by atoms with Crippen molar-refractivity contribution in [3.63, 3.8) is 0 Å². The van der Waals surface area contributed by atoms with Gasteiger partial charge in [-0.05, 0) is 12.0 Å². The number of benzene rings is 1. The van der Waals surface area contributed by atoms with E-state index in [9.17, 15) is 5.11 Å². The first kappa shape index (κ1) is 12.4. The number of piperazine rings is 1. The summed E-state index contributed by atoms with van der Waals surface area (Å²) in [6.45, 7) is 8.50. The molecular weight excluding hydrogens is 212 g/mol. The van der Waals surface area contributed by atoms with Crippen LogP contribution < -0.4 is 5.32 Å². The minimum absolute atomic E-state index is 0.411. The SMILES string of the molecule is CC(C)C1CNCCN1Cc1ccccc1O. The Balaban J connectivity index is 2.08. The Bertz CT molecular complexity index is 365. The van der Waals surface area contributed by atoms with Crippen molar-refractivity contribution >= 4 is 0 Å². The topological polar surface area (TPSA) is 35.5 Å². The molecule has 1 aromatic carbocycles. The normalized spacial score (nSPS) is 21.9. The van der Waals surface area contributed by atoms with Gasteiger partial charge in [-0.1, -0.05) is 32.0 Å². The van der Waals surface area contributed by atoms with Gasteiger partial charge in [0.2, 0.25) is 0 Å². The number of para-hydroxylation sites is 1. The second-order valence-corrected chi connectivity index (χ2v) is 5.11. The van der Waals surface area contributed by atoms with Crippen LogP contribution in [0, 0.1) is 5.92 Å². The number of rotatable bonds is 3. The van der Waals surface area contributed by atoms with E-state index < -0.39 is 0 Å². The van der Waals surface area contributed by atoms with Gasteiger partial charge >= 0.3 is 0 Å². The first-order valence-corrected chi connectivity index (χ1v) is 6.40. The van der Waals surface area contributed by atoms with E-state index in [0.717, 1.165) is 31.7 Å².